The second-order valence-electron chi connectivity index (χ2n) is 4.36. The fraction of sp³-hybridized carbons (Fsp3) is 0.417. The Morgan fingerprint density at radius 3 is 2.63 bits per heavy atom. The van der Waals surface area contributed by atoms with Crippen LogP contribution in [0, 0.1) is 6.92 Å². The second kappa shape index (κ2) is 5.50. The minimum Gasteiger partial charge on any atom is -0.305 e. The van der Waals surface area contributed by atoms with E-state index in [1.807, 2.05) is 12.3 Å². The Labute approximate surface area is 114 Å². The second-order valence-corrected chi connectivity index (χ2v) is 5.30. The van der Waals surface area contributed by atoms with E-state index in [1.165, 1.54) is 17.7 Å². The van der Waals surface area contributed by atoms with Crippen LogP contribution in [-0.2, 0) is 27.2 Å². The molecule has 0 unspecified atom stereocenters. The van der Waals surface area contributed by atoms with Crippen molar-refractivity contribution >= 4 is 11.3 Å². The molecule has 2 aromatic heterocycles. The predicted molar refractivity (Wildman–Crippen MR) is 74.3 cm³/mol. The van der Waals surface area contributed by atoms with Crippen LogP contribution in [0.4, 0.5) is 0 Å². The van der Waals surface area contributed by atoms with Crippen molar-refractivity contribution in [1.29, 1.82) is 0 Å². The van der Waals surface area contributed by atoms with Crippen molar-refractivity contribution in [3.05, 3.63) is 48.7 Å². The quantitative estimate of drug-likeness (QED) is 0.865. The Kier molecular flexibility index (Phi) is 3.96. The van der Waals surface area contributed by atoms with E-state index in [0.29, 0.717) is 18.8 Å². The molecule has 0 saturated carbocycles. The van der Waals surface area contributed by atoms with Gasteiger partial charge in [-0.15, -0.1) is 11.3 Å². The topological polar surface area (TPSA) is 68.9 Å². The zero-order valence-corrected chi connectivity index (χ0v) is 12.0. The molecule has 0 fully saturated rings. The molecule has 6 nitrogen and oxygen atoms in total. The molecule has 19 heavy (non-hydrogen) atoms. The molecule has 0 spiro atoms. The zero-order valence-electron chi connectivity index (χ0n) is 11.1. The number of rotatable bonds is 4. The Hall–Kier alpha value is -1.73. The molecule has 0 aromatic carbocycles. The third kappa shape index (κ3) is 2.99. The molecule has 2 heterocycles. The van der Waals surface area contributed by atoms with Crippen LogP contribution in [0.5, 0.6) is 0 Å². The van der Waals surface area contributed by atoms with Gasteiger partial charge in [0.1, 0.15) is 5.01 Å². The maximum Gasteiger partial charge on any atom is 0.330 e. The number of nitrogens with zero attached hydrogens (tertiary/aromatic N) is 3. The lowest BCUT2D eigenvalue weighted by atomic mass is 10.4. The first-order chi connectivity index (χ1) is 8.99. The van der Waals surface area contributed by atoms with Gasteiger partial charge in [-0.05, 0) is 6.92 Å². The van der Waals surface area contributed by atoms with Gasteiger partial charge in [0.25, 0.3) is 5.56 Å². The van der Waals surface area contributed by atoms with Crippen molar-refractivity contribution in [3.8, 4) is 0 Å². The van der Waals surface area contributed by atoms with Gasteiger partial charge < -0.3 is 5.32 Å². The van der Waals surface area contributed by atoms with Crippen molar-refractivity contribution in [1.82, 2.24) is 19.4 Å². The van der Waals surface area contributed by atoms with Crippen LogP contribution in [0.25, 0.3) is 0 Å². The Bertz CT molecular complexity index is 698. The van der Waals surface area contributed by atoms with Gasteiger partial charge in [0, 0.05) is 50.0 Å². The Morgan fingerprint density at radius 2 is 2.00 bits per heavy atom. The summed E-state index contributed by atoms with van der Waals surface area (Å²) in [7, 11) is 3.13. The average Bonchev–Trinajstić information content (AvgIpc) is 2.79. The number of aryl methyl sites for hydroxylation is 1. The lowest BCUT2D eigenvalue weighted by Crippen LogP contribution is -2.38. The molecule has 0 saturated heterocycles. The van der Waals surface area contributed by atoms with Crippen LogP contribution in [0.1, 0.15) is 16.4 Å². The molecular formula is C12H16N4O2S. The molecule has 0 radical (unpaired) electrons. The summed E-state index contributed by atoms with van der Waals surface area (Å²) in [5.41, 5.74) is 1.07. The van der Waals surface area contributed by atoms with Gasteiger partial charge in [-0.25, -0.2) is 9.78 Å². The first-order valence-electron chi connectivity index (χ1n) is 5.86. The molecule has 0 aliphatic carbocycles. The van der Waals surface area contributed by atoms with Gasteiger partial charge in [-0.2, -0.15) is 0 Å². The van der Waals surface area contributed by atoms with Crippen LogP contribution in [0.3, 0.4) is 0 Å². The lowest BCUT2D eigenvalue weighted by molar-refractivity contribution is 0.599. The smallest absolute Gasteiger partial charge is 0.305 e. The summed E-state index contributed by atoms with van der Waals surface area (Å²) in [5, 5.41) is 6.17. The van der Waals surface area contributed by atoms with Crippen molar-refractivity contribution in [2.45, 2.75) is 20.0 Å². The zero-order chi connectivity index (χ0) is 14.0. The fourth-order valence-electron chi connectivity index (χ4n) is 1.73. The van der Waals surface area contributed by atoms with E-state index in [4.69, 9.17) is 0 Å². The van der Waals surface area contributed by atoms with Crippen LogP contribution in [0.2, 0.25) is 0 Å². The number of hydrogen-bond donors (Lipinski definition) is 1. The van der Waals surface area contributed by atoms with E-state index in [2.05, 4.69) is 10.3 Å². The van der Waals surface area contributed by atoms with Crippen LogP contribution in [0.15, 0.2) is 21.0 Å². The third-order valence-electron chi connectivity index (χ3n) is 2.87. The first-order valence-corrected chi connectivity index (χ1v) is 6.74. The Morgan fingerprint density at radius 1 is 1.26 bits per heavy atom. The van der Waals surface area contributed by atoms with Gasteiger partial charge in [-0.1, -0.05) is 0 Å². The van der Waals surface area contributed by atoms with Crippen molar-refractivity contribution in [3.63, 3.8) is 0 Å². The van der Waals surface area contributed by atoms with Gasteiger partial charge in [0.2, 0.25) is 0 Å². The summed E-state index contributed by atoms with van der Waals surface area (Å²) in [5.74, 6) is 0. The monoisotopic (exact) mass is 280 g/mol. The lowest BCUT2D eigenvalue weighted by Gasteiger charge is -2.09. The molecule has 1 N–H and O–H groups in total. The van der Waals surface area contributed by atoms with Gasteiger partial charge in [0.15, 0.2) is 0 Å². The summed E-state index contributed by atoms with van der Waals surface area (Å²) in [6.07, 6.45) is 0. The maximum atomic E-state index is 11.7. The molecule has 0 bridgehead atoms. The van der Waals surface area contributed by atoms with Crippen LogP contribution >= 0.6 is 11.3 Å². The molecule has 0 atom stereocenters. The molecular weight excluding hydrogens is 264 g/mol. The van der Waals surface area contributed by atoms with Gasteiger partial charge in [-0.3, -0.25) is 13.9 Å². The van der Waals surface area contributed by atoms with Crippen molar-refractivity contribution < 1.29 is 0 Å². The molecule has 0 aliphatic heterocycles. The normalized spacial score (nSPS) is 10.9. The van der Waals surface area contributed by atoms with E-state index in [9.17, 15) is 9.59 Å². The van der Waals surface area contributed by atoms with E-state index >= 15 is 0 Å². The van der Waals surface area contributed by atoms with E-state index in [1.54, 1.807) is 18.4 Å². The van der Waals surface area contributed by atoms with E-state index < -0.39 is 0 Å². The molecule has 0 aliphatic rings. The summed E-state index contributed by atoms with van der Waals surface area (Å²) in [6.45, 7) is 3.03. The summed E-state index contributed by atoms with van der Waals surface area (Å²) >= 11 is 1.59. The third-order valence-corrected chi connectivity index (χ3v) is 3.84. The van der Waals surface area contributed by atoms with E-state index in [-0.39, 0.29) is 11.2 Å². The highest BCUT2D eigenvalue weighted by Gasteiger charge is 2.05. The number of thiazole rings is 1. The molecule has 7 heteroatoms. The van der Waals surface area contributed by atoms with Crippen LogP contribution in [-0.4, -0.2) is 14.1 Å². The molecule has 0 amide bonds. The highest BCUT2D eigenvalue weighted by atomic mass is 32.1. The highest BCUT2D eigenvalue weighted by molar-refractivity contribution is 7.09. The standard InChI is InChI=1S/C12H16N4O2S/c1-8-7-19-10(14-8)6-13-5-9-4-11(17)16(3)12(18)15(9)2/h4,7,13H,5-6H2,1-3H3. The number of nitrogens with one attached hydrogen (secondary N) is 1. The highest BCUT2D eigenvalue weighted by Crippen LogP contribution is 2.07. The van der Waals surface area contributed by atoms with Crippen molar-refractivity contribution in [2.75, 3.05) is 0 Å². The van der Waals surface area contributed by atoms with Crippen LogP contribution < -0.4 is 16.6 Å². The summed E-state index contributed by atoms with van der Waals surface area (Å²) < 4.78 is 2.56. The van der Waals surface area contributed by atoms with Gasteiger partial charge >= 0.3 is 5.69 Å². The van der Waals surface area contributed by atoms with Crippen molar-refractivity contribution in [2.24, 2.45) is 14.1 Å². The SMILES string of the molecule is Cc1csc(CNCc2cc(=O)n(C)c(=O)n2C)n1. The molecule has 2 aromatic rings. The van der Waals surface area contributed by atoms with E-state index in [0.717, 1.165) is 15.3 Å². The molecule has 2 rings (SSSR count). The fourth-order valence-corrected chi connectivity index (χ4v) is 2.47. The average molecular weight is 280 g/mol. The maximum absolute atomic E-state index is 11.7. The minimum absolute atomic E-state index is 0.287. The summed E-state index contributed by atoms with van der Waals surface area (Å²) in [4.78, 5) is 27.6. The predicted octanol–water partition coefficient (Wildman–Crippen LogP) is 0.139. The van der Waals surface area contributed by atoms with Gasteiger partial charge in [0.05, 0.1) is 0 Å². The Balaban J connectivity index is 2.08. The summed E-state index contributed by atoms with van der Waals surface area (Å²) in [6, 6.07) is 1.47. The largest absolute Gasteiger partial charge is 0.330 e. The first kappa shape index (κ1) is 13.7. The minimum atomic E-state index is -0.311. The number of aromatic nitrogens is 3. The molecule has 102 valence electrons. The number of hydrogen-bond acceptors (Lipinski definition) is 5.